The SMILES string of the molecule is CC(=O)N(C(=O)OC(C)(C)C)c1ncn(Cc2ccccc2)c1C(N)=O.CCN. The fraction of sp³-hybridized carbons (Fsp3) is 0.400. The van der Waals surface area contributed by atoms with Gasteiger partial charge >= 0.3 is 6.09 Å². The van der Waals surface area contributed by atoms with Crippen LogP contribution in [-0.2, 0) is 16.1 Å². The normalized spacial score (nSPS) is 10.6. The van der Waals surface area contributed by atoms with Crippen molar-refractivity contribution in [3.63, 3.8) is 0 Å². The molecular formula is C20H29N5O4. The molecular weight excluding hydrogens is 374 g/mol. The van der Waals surface area contributed by atoms with E-state index >= 15 is 0 Å². The summed E-state index contributed by atoms with van der Waals surface area (Å²) in [6, 6.07) is 9.35. The average Bonchev–Trinajstić information content (AvgIpc) is 2.98. The minimum absolute atomic E-state index is 0.0464. The molecule has 1 aromatic carbocycles. The fourth-order valence-corrected chi connectivity index (χ4v) is 2.36. The third-order valence-electron chi connectivity index (χ3n) is 3.35. The third-order valence-corrected chi connectivity index (χ3v) is 3.35. The van der Waals surface area contributed by atoms with Crippen LogP contribution in [0.1, 0.15) is 50.7 Å². The largest absolute Gasteiger partial charge is 0.443 e. The minimum atomic E-state index is -0.919. The number of ether oxygens (including phenoxy) is 1. The van der Waals surface area contributed by atoms with E-state index in [0.29, 0.717) is 11.4 Å². The highest BCUT2D eigenvalue weighted by atomic mass is 16.6. The molecule has 158 valence electrons. The Morgan fingerprint density at radius 1 is 1.17 bits per heavy atom. The Bertz CT molecular complexity index is 840. The summed E-state index contributed by atoms with van der Waals surface area (Å²) in [7, 11) is 0. The summed E-state index contributed by atoms with van der Waals surface area (Å²) < 4.78 is 6.74. The van der Waals surface area contributed by atoms with Crippen LogP contribution in [0.25, 0.3) is 0 Å². The molecule has 0 fully saturated rings. The van der Waals surface area contributed by atoms with Crippen molar-refractivity contribution >= 4 is 23.7 Å². The molecule has 4 N–H and O–H groups in total. The molecule has 9 nitrogen and oxygen atoms in total. The first-order chi connectivity index (χ1) is 13.5. The lowest BCUT2D eigenvalue weighted by molar-refractivity contribution is -0.116. The Labute approximate surface area is 170 Å². The van der Waals surface area contributed by atoms with Crippen LogP contribution < -0.4 is 16.4 Å². The second-order valence-electron chi connectivity index (χ2n) is 7.14. The quantitative estimate of drug-likeness (QED) is 0.804. The van der Waals surface area contributed by atoms with Gasteiger partial charge in [-0.1, -0.05) is 37.3 Å². The number of carbonyl (C=O) groups excluding carboxylic acids is 3. The number of nitrogens with zero attached hydrogens (tertiary/aromatic N) is 3. The number of benzene rings is 1. The van der Waals surface area contributed by atoms with Gasteiger partial charge in [0, 0.05) is 13.5 Å². The molecule has 0 aliphatic rings. The van der Waals surface area contributed by atoms with Gasteiger partial charge < -0.3 is 20.8 Å². The van der Waals surface area contributed by atoms with E-state index in [1.165, 1.54) is 17.8 Å². The topological polar surface area (TPSA) is 134 Å². The molecule has 3 amide bonds. The first-order valence-electron chi connectivity index (χ1n) is 9.14. The lowest BCUT2D eigenvalue weighted by Crippen LogP contribution is -2.41. The van der Waals surface area contributed by atoms with Crippen LogP contribution in [-0.4, -0.2) is 39.6 Å². The van der Waals surface area contributed by atoms with Crippen molar-refractivity contribution in [2.24, 2.45) is 11.5 Å². The highest BCUT2D eigenvalue weighted by Crippen LogP contribution is 2.22. The van der Waals surface area contributed by atoms with Crippen molar-refractivity contribution in [1.29, 1.82) is 0 Å². The van der Waals surface area contributed by atoms with Crippen LogP contribution in [0.2, 0.25) is 0 Å². The van der Waals surface area contributed by atoms with Gasteiger partial charge in [0.15, 0.2) is 11.5 Å². The van der Waals surface area contributed by atoms with Crippen LogP contribution >= 0.6 is 0 Å². The maximum Gasteiger partial charge on any atom is 0.423 e. The lowest BCUT2D eigenvalue weighted by Gasteiger charge is -2.24. The van der Waals surface area contributed by atoms with Crippen molar-refractivity contribution in [2.45, 2.75) is 46.8 Å². The van der Waals surface area contributed by atoms with Gasteiger partial charge in [-0.05, 0) is 32.9 Å². The molecule has 0 radical (unpaired) electrons. The molecule has 0 aliphatic carbocycles. The monoisotopic (exact) mass is 403 g/mol. The van der Waals surface area contributed by atoms with Gasteiger partial charge in [-0.3, -0.25) is 9.59 Å². The highest BCUT2D eigenvalue weighted by molar-refractivity contribution is 6.14. The van der Waals surface area contributed by atoms with Gasteiger partial charge in [0.1, 0.15) is 5.60 Å². The molecule has 2 aromatic rings. The summed E-state index contributed by atoms with van der Waals surface area (Å²) in [5.74, 6) is -1.58. The number of imide groups is 1. The lowest BCUT2D eigenvalue weighted by atomic mass is 10.2. The molecule has 0 unspecified atom stereocenters. The Hall–Kier alpha value is -3.20. The summed E-state index contributed by atoms with van der Waals surface area (Å²) in [5.41, 5.74) is 10.4. The smallest absolute Gasteiger partial charge is 0.423 e. The molecule has 2 rings (SSSR count). The van der Waals surface area contributed by atoms with Crippen LogP contribution in [0.5, 0.6) is 0 Å². The zero-order valence-corrected chi connectivity index (χ0v) is 17.5. The highest BCUT2D eigenvalue weighted by Gasteiger charge is 2.32. The van der Waals surface area contributed by atoms with E-state index in [9.17, 15) is 14.4 Å². The number of rotatable bonds is 4. The maximum absolute atomic E-state index is 12.4. The van der Waals surface area contributed by atoms with Crippen LogP contribution in [0, 0.1) is 0 Å². The molecule has 29 heavy (non-hydrogen) atoms. The second-order valence-corrected chi connectivity index (χ2v) is 7.14. The standard InChI is InChI=1S/C18H22N4O4.C2H7N/c1-12(23)22(17(25)26-18(2,3)4)16-14(15(19)24)21(11-20-16)10-13-8-6-5-7-9-13;1-2-3/h5-9,11H,10H2,1-4H3,(H2,19,24);2-3H2,1H3. The number of carbonyl (C=O) groups is 3. The minimum Gasteiger partial charge on any atom is -0.443 e. The van der Waals surface area contributed by atoms with Crippen molar-refractivity contribution in [1.82, 2.24) is 9.55 Å². The molecule has 0 spiro atoms. The maximum atomic E-state index is 12.4. The summed E-state index contributed by atoms with van der Waals surface area (Å²) in [4.78, 5) is 41.3. The first kappa shape index (κ1) is 23.8. The number of aromatic nitrogens is 2. The van der Waals surface area contributed by atoms with Crippen LogP contribution in [0.3, 0.4) is 0 Å². The van der Waals surface area contributed by atoms with E-state index in [1.54, 1.807) is 20.8 Å². The zero-order valence-electron chi connectivity index (χ0n) is 17.5. The fourth-order valence-electron chi connectivity index (χ4n) is 2.36. The van der Waals surface area contributed by atoms with Gasteiger partial charge in [0.2, 0.25) is 5.91 Å². The average molecular weight is 403 g/mol. The van der Waals surface area contributed by atoms with Crippen molar-refractivity contribution < 1.29 is 19.1 Å². The van der Waals surface area contributed by atoms with Crippen molar-refractivity contribution in [3.8, 4) is 0 Å². The molecule has 0 atom stereocenters. The van der Waals surface area contributed by atoms with Gasteiger partial charge in [-0.2, -0.15) is 4.90 Å². The molecule has 0 saturated heterocycles. The first-order valence-corrected chi connectivity index (χ1v) is 9.14. The van der Waals surface area contributed by atoms with Crippen LogP contribution in [0.4, 0.5) is 10.6 Å². The number of imidazole rings is 1. The molecule has 0 bridgehead atoms. The third kappa shape index (κ3) is 7.04. The van der Waals surface area contributed by atoms with Gasteiger partial charge in [-0.15, -0.1) is 0 Å². The number of hydrogen-bond acceptors (Lipinski definition) is 6. The van der Waals surface area contributed by atoms with Crippen LogP contribution in [0.15, 0.2) is 36.7 Å². The van der Waals surface area contributed by atoms with E-state index in [1.807, 2.05) is 37.3 Å². The van der Waals surface area contributed by atoms with E-state index in [2.05, 4.69) is 4.98 Å². The Kier molecular flexibility index (Phi) is 8.53. The van der Waals surface area contributed by atoms with E-state index < -0.39 is 23.5 Å². The Morgan fingerprint density at radius 3 is 2.17 bits per heavy atom. The zero-order chi connectivity index (χ0) is 22.2. The van der Waals surface area contributed by atoms with E-state index in [4.69, 9.17) is 16.2 Å². The molecule has 1 aromatic heterocycles. The van der Waals surface area contributed by atoms with E-state index in [-0.39, 0.29) is 11.5 Å². The predicted molar refractivity (Wildman–Crippen MR) is 110 cm³/mol. The Morgan fingerprint density at radius 2 is 1.72 bits per heavy atom. The van der Waals surface area contributed by atoms with Gasteiger partial charge in [0.25, 0.3) is 5.91 Å². The summed E-state index contributed by atoms with van der Waals surface area (Å²) >= 11 is 0. The van der Waals surface area contributed by atoms with Crippen molar-refractivity contribution in [3.05, 3.63) is 47.9 Å². The molecule has 1 heterocycles. The summed E-state index contributed by atoms with van der Waals surface area (Å²) in [6.45, 7) is 9.17. The number of amides is 3. The van der Waals surface area contributed by atoms with Crippen molar-refractivity contribution in [2.75, 3.05) is 11.4 Å². The predicted octanol–water partition coefficient (Wildman–Crippen LogP) is 2.28. The van der Waals surface area contributed by atoms with Gasteiger partial charge in [-0.25, -0.2) is 9.78 Å². The molecule has 0 aliphatic heterocycles. The molecule has 9 heteroatoms. The number of nitrogens with two attached hydrogens (primary N) is 2. The summed E-state index contributed by atoms with van der Waals surface area (Å²) in [6.07, 6.45) is 0.445. The number of anilines is 1. The second kappa shape index (κ2) is 10.4. The number of primary amides is 1. The molecule has 0 saturated carbocycles. The summed E-state index contributed by atoms with van der Waals surface area (Å²) in [5, 5.41) is 0. The van der Waals surface area contributed by atoms with E-state index in [0.717, 1.165) is 12.1 Å². The number of hydrogen-bond donors (Lipinski definition) is 2. The van der Waals surface area contributed by atoms with Gasteiger partial charge in [0.05, 0.1) is 6.33 Å². The Balaban J connectivity index is 0.00000132.